The first kappa shape index (κ1) is 28.2. The Balaban J connectivity index is 1.47. The smallest absolute Gasteiger partial charge is 0.335 e. The molecular weight excluding hydrogens is 526 g/mol. The summed E-state index contributed by atoms with van der Waals surface area (Å²) < 4.78 is 14.1. The molecule has 1 fully saturated rings. The van der Waals surface area contributed by atoms with Crippen LogP contribution in [-0.2, 0) is 13.2 Å². The number of nitrogens with zero attached hydrogens (tertiary/aromatic N) is 3. The van der Waals surface area contributed by atoms with Gasteiger partial charge in [-0.3, -0.25) is 0 Å². The summed E-state index contributed by atoms with van der Waals surface area (Å²) in [4.78, 5) is 16.7. The van der Waals surface area contributed by atoms with Crippen molar-refractivity contribution in [3.8, 4) is 22.8 Å². The highest BCUT2D eigenvalue weighted by Crippen LogP contribution is 2.48. The second-order valence-electron chi connectivity index (χ2n) is 11.9. The van der Waals surface area contributed by atoms with Crippen molar-refractivity contribution < 1.29 is 19.4 Å². The van der Waals surface area contributed by atoms with Gasteiger partial charge in [-0.1, -0.05) is 37.5 Å². The molecule has 6 rings (SSSR count). The highest BCUT2D eigenvalue weighted by Gasteiger charge is 2.31. The number of aromatic carboxylic acids is 1. The summed E-state index contributed by atoms with van der Waals surface area (Å²) in [5.41, 5.74) is 7.45. The molecule has 0 radical (unpaired) electrons. The Morgan fingerprint density at radius 3 is 2.57 bits per heavy atom. The molecule has 1 aliphatic carbocycles. The molecule has 7 nitrogen and oxygen atoms in total. The van der Waals surface area contributed by atoms with Crippen LogP contribution in [0.2, 0.25) is 0 Å². The van der Waals surface area contributed by atoms with E-state index in [1.165, 1.54) is 60.0 Å². The number of ether oxygens (including phenoxy) is 2. The lowest BCUT2D eigenvalue weighted by atomic mass is 9.81. The Bertz CT molecular complexity index is 1580. The minimum atomic E-state index is -0.883. The highest BCUT2D eigenvalue weighted by atomic mass is 16.5. The molecule has 1 N–H and O–H groups in total. The molecule has 0 bridgehead atoms. The van der Waals surface area contributed by atoms with Crippen molar-refractivity contribution in [1.29, 1.82) is 0 Å². The Morgan fingerprint density at radius 1 is 0.976 bits per heavy atom. The summed E-state index contributed by atoms with van der Waals surface area (Å²) in [7, 11) is 5.90. The molecule has 1 saturated carbocycles. The fourth-order valence-electron chi connectivity index (χ4n) is 6.72. The number of benzene rings is 3. The molecule has 0 atom stereocenters. The fraction of sp³-hybridized carbons (Fsp3) is 0.400. The Kier molecular flexibility index (Phi) is 8.11. The maximum absolute atomic E-state index is 12.0. The number of methoxy groups -OCH3 is 1. The number of carbonyl (C=O) groups is 1. The van der Waals surface area contributed by atoms with E-state index in [1.54, 1.807) is 13.2 Å². The van der Waals surface area contributed by atoms with Crippen molar-refractivity contribution in [3.63, 3.8) is 0 Å². The fourth-order valence-corrected chi connectivity index (χ4v) is 6.72. The van der Waals surface area contributed by atoms with E-state index in [0.717, 1.165) is 48.8 Å². The molecule has 1 aliphatic heterocycles. The first-order chi connectivity index (χ1) is 20.4. The van der Waals surface area contributed by atoms with Crippen LogP contribution in [-0.4, -0.2) is 61.4 Å². The first-order valence-corrected chi connectivity index (χ1v) is 15.1. The topological polar surface area (TPSA) is 67.2 Å². The number of aromatic nitrogens is 1. The zero-order chi connectivity index (χ0) is 29.2. The Hall–Kier alpha value is -3.97. The third-order valence-electron chi connectivity index (χ3n) is 8.88. The number of fused-ring (bicyclic) bond motifs is 5. The number of likely N-dealkylation sites (N-methyl/N-ethyl adjacent to an activating group) is 1. The predicted molar refractivity (Wildman–Crippen MR) is 168 cm³/mol. The van der Waals surface area contributed by atoms with Crippen molar-refractivity contribution in [1.82, 2.24) is 9.47 Å². The van der Waals surface area contributed by atoms with E-state index < -0.39 is 5.97 Å². The average molecular weight is 568 g/mol. The standard InChI is InChI=1S/C35H41N3O4/c1-36(2)16-17-37-18-19-38-32-21-26(35(39)40)12-14-29(32)33(25-9-5-4-6-10-25)34(38)30-15-13-28(22-31(30)37)42-23-24-8-7-11-27(20-24)41-3/h7-8,11-15,20-22,25H,4-6,9-10,16-19,23H2,1-3H3,(H,39,40). The van der Waals surface area contributed by atoms with Crippen molar-refractivity contribution in [2.75, 3.05) is 45.7 Å². The molecule has 42 heavy (non-hydrogen) atoms. The van der Waals surface area contributed by atoms with Crippen molar-refractivity contribution in [3.05, 3.63) is 77.4 Å². The third kappa shape index (κ3) is 5.58. The molecule has 0 unspecified atom stereocenters. The highest BCUT2D eigenvalue weighted by molar-refractivity contribution is 5.99. The van der Waals surface area contributed by atoms with Gasteiger partial charge in [-0.05, 0) is 80.4 Å². The summed E-state index contributed by atoms with van der Waals surface area (Å²) >= 11 is 0. The maximum Gasteiger partial charge on any atom is 0.335 e. The lowest BCUT2D eigenvalue weighted by Gasteiger charge is -2.27. The molecule has 1 aromatic heterocycles. The first-order valence-electron chi connectivity index (χ1n) is 15.1. The molecular formula is C35H41N3O4. The summed E-state index contributed by atoms with van der Waals surface area (Å²) in [6, 6.07) is 20.2. The maximum atomic E-state index is 12.0. The monoisotopic (exact) mass is 567 g/mol. The van der Waals surface area contributed by atoms with Crippen LogP contribution >= 0.6 is 0 Å². The molecule has 0 spiro atoms. The van der Waals surface area contributed by atoms with Crippen LogP contribution in [0.5, 0.6) is 11.5 Å². The molecule has 7 heteroatoms. The molecule has 220 valence electrons. The second kappa shape index (κ2) is 12.1. The van der Waals surface area contributed by atoms with E-state index in [2.05, 4.69) is 58.8 Å². The lowest BCUT2D eigenvalue weighted by molar-refractivity contribution is 0.0697. The molecule has 4 aromatic rings. The van der Waals surface area contributed by atoms with Gasteiger partial charge in [0.2, 0.25) is 0 Å². The van der Waals surface area contributed by atoms with E-state index in [4.69, 9.17) is 9.47 Å². The van der Waals surface area contributed by atoms with Gasteiger partial charge in [0.1, 0.15) is 18.1 Å². The van der Waals surface area contributed by atoms with Crippen LogP contribution < -0.4 is 14.4 Å². The number of carboxylic acid groups (broad SMARTS) is 1. The van der Waals surface area contributed by atoms with Gasteiger partial charge >= 0.3 is 5.97 Å². The number of hydrogen-bond acceptors (Lipinski definition) is 5. The van der Waals surface area contributed by atoms with Gasteiger partial charge in [0.05, 0.1) is 18.4 Å². The van der Waals surface area contributed by atoms with Crippen LogP contribution in [0.25, 0.3) is 22.2 Å². The second-order valence-corrected chi connectivity index (χ2v) is 11.9. The number of anilines is 1. The molecule has 0 amide bonds. The zero-order valence-corrected chi connectivity index (χ0v) is 24.9. The van der Waals surface area contributed by atoms with Crippen molar-refractivity contribution in [2.24, 2.45) is 0 Å². The zero-order valence-electron chi connectivity index (χ0n) is 24.9. The minimum Gasteiger partial charge on any atom is -0.497 e. The molecule has 3 aromatic carbocycles. The third-order valence-corrected chi connectivity index (χ3v) is 8.88. The van der Waals surface area contributed by atoms with E-state index >= 15 is 0 Å². The van der Waals surface area contributed by atoms with E-state index in [9.17, 15) is 9.90 Å². The van der Waals surface area contributed by atoms with Gasteiger partial charge in [0, 0.05) is 54.4 Å². The molecule has 2 heterocycles. The number of carboxylic acids is 1. The summed E-state index contributed by atoms with van der Waals surface area (Å²) in [6.45, 7) is 3.91. The van der Waals surface area contributed by atoms with Gasteiger partial charge in [-0.25, -0.2) is 4.79 Å². The van der Waals surface area contributed by atoms with Gasteiger partial charge in [0.25, 0.3) is 0 Å². The van der Waals surface area contributed by atoms with Crippen LogP contribution in [0.4, 0.5) is 5.69 Å². The lowest BCUT2D eigenvalue weighted by Crippen LogP contribution is -2.33. The SMILES string of the molecule is COc1cccc(COc2ccc3c(c2)N(CCN(C)C)CCn2c-3c(C3CCCCC3)c3ccc(C(=O)O)cc32)c1. The van der Waals surface area contributed by atoms with Gasteiger partial charge in [-0.15, -0.1) is 0 Å². The quantitative estimate of drug-likeness (QED) is 0.234. The van der Waals surface area contributed by atoms with Crippen LogP contribution in [0.1, 0.15) is 59.5 Å². The predicted octanol–water partition coefficient (Wildman–Crippen LogP) is 7.02. The average Bonchev–Trinajstić information content (AvgIpc) is 3.24. The van der Waals surface area contributed by atoms with Gasteiger partial charge in [-0.2, -0.15) is 0 Å². The number of hydrogen-bond donors (Lipinski definition) is 1. The number of rotatable bonds is 9. The molecule has 2 aliphatic rings. The Morgan fingerprint density at radius 2 is 1.81 bits per heavy atom. The summed E-state index contributed by atoms with van der Waals surface area (Å²) in [6.07, 6.45) is 6.12. The van der Waals surface area contributed by atoms with Crippen LogP contribution in [0.15, 0.2) is 60.7 Å². The Labute approximate surface area is 248 Å². The normalized spacial score (nSPS) is 15.4. The van der Waals surface area contributed by atoms with Gasteiger partial charge in [0.15, 0.2) is 0 Å². The van der Waals surface area contributed by atoms with Crippen molar-refractivity contribution >= 4 is 22.6 Å². The largest absolute Gasteiger partial charge is 0.497 e. The van der Waals surface area contributed by atoms with Crippen LogP contribution in [0.3, 0.4) is 0 Å². The minimum absolute atomic E-state index is 0.341. The molecule has 0 saturated heterocycles. The van der Waals surface area contributed by atoms with Crippen molar-refractivity contribution in [2.45, 2.75) is 51.2 Å². The van der Waals surface area contributed by atoms with Crippen LogP contribution in [0, 0.1) is 0 Å². The van der Waals surface area contributed by atoms with Gasteiger partial charge < -0.3 is 28.9 Å². The van der Waals surface area contributed by atoms with E-state index in [0.29, 0.717) is 18.1 Å². The summed E-state index contributed by atoms with van der Waals surface area (Å²) in [5, 5.41) is 11.0. The van der Waals surface area contributed by atoms with E-state index in [1.807, 2.05) is 24.3 Å². The van der Waals surface area contributed by atoms with E-state index in [-0.39, 0.29) is 0 Å². The summed E-state index contributed by atoms with van der Waals surface area (Å²) in [5.74, 6) is 1.25.